The molecule has 20 heavy (non-hydrogen) atoms. The highest BCUT2D eigenvalue weighted by atomic mass is 32.2. The fourth-order valence-corrected chi connectivity index (χ4v) is 3.65. The minimum absolute atomic E-state index is 0.491. The molecule has 0 amide bonds. The number of anilines is 2. The standard InChI is InChI=1S/C13H22N6S/c1-20-13-16-11(8-12(17-13)18-14)15-9-5-7-19-6-3-2-4-10(9)19/h8-10H,2-7,14H2,1H3,(H2,15,16,17,18). The molecule has 0 saturated carbocycles. The van der Waals surface area contributed by atoms with Crippen molar-refractivity contribution in [1.29, 1.82) is 0 Å². The average Bonchev–Trinajstić information content (AvgIpc) is 2.90. The zero-order valence-corrected chi connectivity index (χ0v) is 12.6. The molecule has 0 aliphatic carbocycles. The summed E-state index contributed by atoms with van der Waals surface area (Å²) in [6.07, 6.45) is 7.13. The number of nitrogens with zero attached hydrogens (tertiary/aromatic N) is 3. The molecule has 110 valence electrons. The smallest absolute Gasteiger partial charge is 0.191 e. The number of aromatic nitrogens is 2. The van der Waals surface area contributed by atoms with Gasteiger partial charge >= 0.3 is 0 Å². The molecular weight excluding hydrogens is 272 g/mol. The molecule has 2 unspecified atom stereocenters. The van der Waals surface area contributed by atoms with Gasteiger partial charge in [-0.2, -0.15) is 0 Å². The second-order valence-corrected chi connectivity index (χ2v) is 6.18. The van der Waals surface area contributed by atoms with E-state index in [1.54, 1.807) is 0 Å². The van der Waals surface area contributed by atoms with Crippen molar-refractivity contribution < 1.29 is 0 Å². The van der Waals surface area contributed by atoms with E-state index in [9.17, 15) is 0 Å². The van der Waals surface area contributed by atoms with Gasteiger partial charge in [0.2, 0.25) is 0 Å². The quantitative estimate of drug-likeness (QED) is 0.336. The van der Waals surface area contributed by atoms with Crippen molar-refractivity contribution in [2.75, 3.05) is 30.1 Å². The summed E-state index contributed by atoms with van der Waals surface area (Å²) in [6.45, 7) is 2.45. The zero-order chi connectivity index (χ0) is 13.9. The molecule has 1 aromatic heterocycles. The molecule has 0 radical (unpaired) electrons. The minimum Gasteiger partial charge on any atom is -0.366 e. The van der Waals surface area contributed by atoms with E-state index in [1.807, 2.05) is 12.3 Å². The van der Waals surface area contributed by atoms with Crippen LogP contribution in [0.3, 0.4) is 0 Å². The topological polar surface area (TPSA) is 79.1 Å². The second-order valence-electron chi connectivity index (χ2n) is 5.41. The molecule has 2 aliphatic heterocycles. The van der Waals surface area contributed by atoms with Crippen molar-refractivity contribution in [3.8, 4) is 0 Å². The van der Waals surface area contributed by atoms with Gasteiger partial charge in [0.25, 0.3) is 0 Å². The van der Waals surface area contributed by atoms with Gasteiger partial charge in [-0.05, 0) is 32.1 Å². The normalized spacial score (nSPS) is 26.3. The summed E-state index contributed by atoms with van der Waals surface area (Å²) < 4.78 is 0. The Bertz CT molecular complexity index is 446. The monoisotopic (exact) mass is 294 g/mol. The van der Waals surface area contributed by atoms with Crippen molar-refractivity contribution in [3.63, 3.8) is 0 Å². The van der Waals surface area contributed by atoms with Crippen molar-refractivity contribution in [2.24, 2.45) is 5.84 Å². The average molecular weight is 294 g/mol. The number of nitrogens with two attached hydrogens (primary N) is 1. The summed E-state index contributed by atoms with van der Waals surface area (Å²) in [5.74, 6) is 7.00. The highest BCUT2D eigenvalue weighted by Crippen LogP contribution is 2.29. The third-order valence-electron chi connectivity index (χ3n) is 4.23. The van der Waals surface area contributed by atoms with E-state index in [0.717, 1.165) is 11.0 Å². The molecule has 4 N–H and O–H groups in total. The Balaban J connectivity index is 1.74. The van der Waals surface area contributed by atoms with Crippen LogP contribution in [0.25, 0.3) is 0 Å². The molecule has 3 heterocycles. The molecule has 2 fully saturated rings. The molecule has 2 atom stereocenters. The molecular formula is C13H22N6S. The molecule has 0 bridgehead atoms. The lowest BCUT2D eigenvalue weighted by molar-refractivity contribution is 0.192. The van der Waals surface area contributed by atoms with Gasteiger partial charge in [-0.3, -0.25) is 4.90 Å². The Kier molecular flexibility index (Phi) is 4.28. The first-order valence-electron chi connectivity index (χ1n) is 7.20. The SMILES string of the molecule is CSc1nc(NN)cc(NC2CCN3CCCCC23)n1. The van der Waals surface area contributed by atoms with E-state index in [1.165, 1.54) is 50.5 Å². The first-order chi connectivity index (χ1) is 9.80. The number of hydrazine groups is 1. The van der Waals surface area contributed by atoms with Crippen molar-refractivity contribution in [3.05, 3.63) is 6.07 Å². The molecule has 3 rings (SSSR count). The van der Waals surface area contributed by atoms with Gasteiger partial charge in [-0.15, -0.1) is 0 Å². The Hall–Kier alpha value is -1.05. The van der Waals surface area contributed by atoms with Crippen LogP contribution < -0.4 is 16.6 Å². The number of hydrogen-bond acceptors (Lipinski definition) is 7. The Morgan fingerprint density at radius 1 is 1.25 bits per heavy atom. The van der Waals surface area contributed by atoms with E-state index >= 15 is 0 Å². The van der Waals surface area contributed by atoms with Gasteiger partial charge in [-0.1, -0.05) is 18.2 Å². The third kappa shape index (κ3) is 2.84. The van der Waals surface area contributed by atoms with Crippen LogP contribution in [0.4, 0.5) is 11.6 Å². The zero-order valence-electron chi connectivity index (χ0n) is 11.8. The maximum Gasteiger partial charge on any atom is 0.191 e. The molecule has 6 nitrogen and oxygen atoms in total. The minimum atomic E-state index is 0.491. The van der Waals surface area contributed by atoms with Crippen LogP contribution in [0.5, 0.6) is 0 Å². The van der Waals surface area contributed by atoms with Crippen LogP contribution in [-0.4, -0.2) is 46.3 Å². The van der Waals surface area contributed by atoms with E-state index in [-0.39, 0.29) is 0 Å². The number of nitrogen functional groups attached to an aromatic ring is 1. The van der Waals surface area contributed by atoms with E-state index < -0.39 is 0 Å². The lowest BCUT2D eigenvalue weighted by Crippen LogP contribution is -2.41. The summed E-state index contributed by atoms with van der Waals surface area (Å²) in [6, 6.07) is 3.03. The summed E-state index contributed by atoms with van der Waals surface area (Å²) >= 11 is 1.52. The maximum atomic E-state index is 5.47. The van der Waals surface area contributed by atoms with Crippen LogP contribution >= 0.6 is 11.8 Å². The summed E-state index contributed by atoms with van der Waals surface area (Å²) in [4.78, 5) is 11.4. The number of nitrogens with one attached hydrogen (secondary N) is 2. The lowest BCUT2D eigenvalue weighted by atomic mass is 9.99. The first kappa shape index (κ1) is 13.9. The largest absolute Gasteiger partial charge is 0.366 e. The van der Waals surface area contributed by atoms with Crippen LogP contribution in [0.15, 0.2) is 11.2 Å². The molecule has 7 heteroatoms. The third-order valence-corrected chi connectivity index (χ3v) is 4.77. The molecule has 0 aromatic carbocycles. The maximum absolute atomic E-state index is 5.47. The fraction of sp³-hybridized carbons (Fsp3) is 0.692. The van der Waals surface area contributed by atoms with Gasteiger partial charge in [0.05, 0.1) is 0 Å². The first-order valence-corrected chi connectivity index (χ1v) is 8.43. The number of piperidine rings is 1. The van der Waals surface area contributed by atoms with Gasteiger partial charge in [0.15, 0.2) is 5.16 Å². The summed E-state index contributed by atoms with van der Waals surface area (Å²) in [5, 5.41) is 4.33. The lowest BCUT2D eigenvalue weighted by Gasteiger charge is -2.32. The van der Waals surface area contributed by atoms with Gasteiger partial charge in [-0.25, -0.2) is 15.8 Å². The molecule has 0 spiro atoms. The van der Waals surface area contributed by atoms with E-state index in [0.29, 0.717) is 17.9 Å². The Labute approximate surface area is 123 Å². The van der Waals surface area contributed by atoms with Crippen molar-refractivity contribution in [1.82, 2.24) is 14.9 Å². The highest BCUT2D eigenvalue weighted by Gasteiger charge is 2.35. The predicted molar refractivity (Wildman–Crippen MR) is 82.9 cm³/mol. The Morgan fingerprint density at radius 2 is 2.10 bits per heavy atom. The summed E-state index contributed by atoms with van der Waals surface area (Å²) in [5.41, 5.74) is 2.61. The number of hydrogen-bond donors (Lipinski definition) is 3. The van der Waals surface area contributed by atoms with Crippen molar-refractivity contribution >= 4 is 23.4 Å². The number of thioether (sulfide) groups is 1. The summed E-state index contributed by atoms with van der Waals surface area (Å²) in [7, 11) is 0. The molecule has 1 aromatic rings. The van der Waals surface area contributed by atoms with Crippen LogP contribution in [0, 0.1) is 0 Å². The van der Waals surface area contributed by atoms with Crippen LogP contribution in [0.1, 0.15) is 25.7 Å². The van der Waals surface area contributed by atoms with E-state index in [4.69, 9.17) is 5.84 Å². The van der Waals surface area contributed by atoms with Gasteiger partial charge < -0.3 is 10.7 Å². The van der Waals surface area contributed by atoms with Crippen molar-refractivity contribution in [2.45, 2.75) is 42.9 Å². The van der Waals surface area contributed by atoms with Crippen LogP contribution in [-0.2, 0) is 0 Å². The van der Waals surface area contributed by atoms with Crippen LogP contribution in [0.2, 0.25) is 0 Å². The second kappa shape index (κ2) is 6.15. The highest BCUT2D eigenvalue weighted by molar-refractivity contribution is 7.98. The molecule has 2 saturated heterocycles. The predicted octanol–water partition coefficient (Wildman–Crippen LogP) is 1.52. The van der Waals surface area contributed by atoms with E-state index in [2.05, 4.69) is 25.6 Å². The van der Waals surface area contributed by atoms with Gasteiger partial charge in [0, 0.05) is 24.7 Å². The van der Waals surface area contributed by atoms with Gasteiger partial charge in [0.1, 0.15) is 11.6 Å². The number of fused-ring (bicyclic) bond motifs is 1. The number of rotatable bonds is 4. The Morgan fingerprint density at radius 3 is 2.90 bits per heavy atom. The fourth-order valence-electron chi connectivity index (χ4n) is 3.27. The molecule has 2 aliphatic rings.